The number of hydrogen-bond donors (Lipinski definition) is 2. The lowest BCUT2D eigenvalue weighted by molar-refractivity contribution is -0.141. The van der Waals surface area contributed by atoms with Crippen LogP contribution in [0.2, 0.25) is 0 Å². The summed E-state index contributed by atoms with van der Waals surface area (Å²) in [5.41, 5.74) is 2.29. The summed E-state index contributed by atoms with van der Waals surface area (Å²) in [5.74, 6) is -1.54. The van der Waals surface area contributed by atoms with E-state index in [2.05, 4.69) is 0 Å². The van der Waals surface area contributed by atoms with Crippen LogP contribution in [0.25, 0.3) is 11.1 Å². The SMILES string of the molecule is Cc1cc(C2=C(c3ccc(CS(=O)O)c(F)c3)C(C)(C)OC2=O)ccc1CS(=O)O. The third-order valence-electron chi connectivity index (χ3n) is 4.94. The molecule has 0 spiro atoms. The highest BCUT2D eigenvalue weighted by molar-refractivity contribution is 7.78. The highest BCUT2D eigenvalue weighted by Crippen LogP contribution is 2.44. The van der Waals surface area contributed by atoms with Crippen LogP contribution in [-0.4, -0.2) is 29.1 Å². The largest absolute Gasteiger partial charge is 0.451 e. The molecule has 1 aliphatic rings. The molecule has 160 valence electrons. The van der Waals surface area contributed by atoms with E-state index in [-0.39, 0.29) is 22.6 Å². The second-order valence-electron chi connectivity index (χ2n) is 7.53. The molecular formula is C21H21FO6S2. The van der Waals surface area contributed by atoms with E-state index in [9.17, 15) is 17.6 Å². The molecule has 0 saturated carbocycles. The van der Waals surface area contributed by atoms with Crippen molar-refractivity contribution in [2.24, 2.45) is 0 Å². The normalized spacial score (nSPS) is 17.7. The van der Waals surface area contributed by atoms with E-state index in [1.54, 1.807) is 45.0 Å². The van der Waals surface area contributed by atoms with Gasteiger partial charge in [0.05, 0.1) is 17.1 Å². The Labute approximate surface area is 178 Å². The zero-order valence-corrected chi connectivity index (χ0v) is 18.2. The first-order valence-electron chi connectivity index (χ1n) is 9.01. The van der Waals surface area contributed by atoms with Gasteiger partial charge in [-0.05, 0) is 49.1 Å². The lowest BCUT2D eigenvalue weighted by atomic mass is 9.86. The number of carbonyl (C=O) groups is 1. The van der Waals surface area contributed by atoms with E-state index in [0.717, 1.165) is 5.56 Å². The first-order valence-corrected chi connectivity index (χ1v) is 11.6. The van der Waals surface area contributed by atoms with Crippen molar-refractivity contribution in [3.8, 4) is 0 Å². The number of esters is 1. The lowest BCUT2D eigenvalue weighted by Gasteiger charge is -2.22. The minimum Gasteiger partial charge on any atom is -0.451 e. The average molecular weight is 453 g/mol. The number of hydrogen-bond acceptors (Lipinski definition) is 4. The molecule has 2 aromatic rings. The molecule has 2 unspecified atom stereocenters. The van der Waals surface area contributed by atoms with Gasteiger partial charge in [-0.25, -0.2) is 17.6 Å². The van der Waals surface area contributed by atoms with Gasteiger partial charge < -0.3 is 13.8 Å². The molecule has 2 atom stereocenters. The van der Waals surface area contributed by atoms with E-state index in [1.807, 2.05) is 0 Å². The van der Waals surface area contributed by atoms with Crippen molar-refractivity contribution in [1.82, 2.24) is 0 Å². The molecule has 0 fully saturated rings. The second kappa shape index (κ2) is 8.50. The maximum absolute atomic E-state index is 14.5. The third-order valence-corrected chi connectivity index (χ3v) is 6.05. The third kappa shape index (κ3) is 4.59. The fourth-order valence-corrected chi connectivity index (χ4v) is 4.68. The number of halogens is 1. The fraction of sp³-hybridized carbons (Fsp3) is 0.286. The summed E-state index contributed by atoms with van der Waals surface area (Å²) in [5, 5.41) is 0. The van der Waals surface area contributed by atoms with Gasteiger partial charge in [0.15, 0.2) is 22.2 Å². The van der Waals surface area contributed by atoms with Crippen LogP contribution in [-0.2, 0) is 43.2 Å². The van der Waals surface area contributed by atoms with Crippen molar-refractivity contribution >= 4 is 39.3 Å². The van der Waals surface area contributed by atoms with Gasteiger partial charge >= 0.3 is 5.97 Å². The van der Waals surface area contributed by atoms with Gasteiger partial charge in [0.25, 0.3) is 0 Å². The van der Waals surface area contributed by atoms with Crippen molar-refractivity contribution in [3.63, 3.8) is 0 Å². The van der Waals surface area contributed by atoms with E-state index in [4.69, 9.17) is 13.8 Å². The minimum absolute atomic E-state index is 0.0210. The number of cyclic esters (lactones) is 1. The molecule has 2 N–H and O–H groups in total. The van der Waals surface area contributed by atoms with Crippen LogP contribution < -0.4 is 0 Å². The highest BCUT2D eigenvalue weighted by atomic mass is 32.2. The van der Waals surface area contributed by atoms with Crippen LogP contribution in [0.3, 0.4) is 0 Å². The molecule has 1 aliphatic heterocycles. The Hall–Kier alpha value is -2.20. The Bertz CT molecular complexity index is 1110. The van der Waals surface area contributed by atoms with Crippen LogP contribution in [0, 0.1) is 12.7 Å². The number of ether oxygens (including phenoxy) is 1. The van der Waals surface area contributed by atoms with E-state index in [0.29, 0.717) is 22.3 Å². The van der Waals surface area contributed by atoms with Crippen LogP contribution in [0.5, 0.6) is 0 Å². The topological polar surface area (TPSA) is 101 Å². The summed E-state index contributed by atoms with van der Waals surface area (Å²) < 4.78 is 60.4. The summed E-state index contributed by atoms with van der Waals surface area (Å²) >= 11 is -4.16. The van der Waals surface area contributed by atoms with Gasteiger partial charge in [-0.3, -0.25) is 0 Å². The maximum atomic E-state index is 14.5. The predicted octanol–water partition coefficient (Wildman–Crippen LogP) is 3.82. The molecule has 9 heteroatoms. The van der Waals surface area contributed by atoms with E-state index in [1.165, 1.54) is 12.1 Å². The Morgan fingerprint density at radius 2 is 1.53 bits per heavy atom. The number of aryl methyl sites for hydroxylation is 1. The molecule has 0 bridgehead atoms. The quantitative estimate of drug-likeness (QED) is 0.510. The molecule has 0 amide bonds. The number of rotatable bonds is 6. The fourth-order valence-electron chi connectivity index (χ4n) is 3.59. The molecular weight excluding hydrogens is 431 g/mol. The smallest absolute Gasteiger partial charge is 0.340 e. The summed E-state index contributed by atoms with van der Waals surface area (Å²) in [7, 11) is 0. The van der Waals surface area contributed by atoms with Gasteiger partial charge in [-0.2, -0.15) is 0 Å². The lowest BCUT2D eigenvalue weighted by Crippen LogP contribution is -2.22. The van der Waals surface area contributed by atoms with Gasteiger partial charge in [0.2, 0.25) is 0 Å². The van der Waals surface area contributed by atoms with Crippen molar-refractivity contribution in [3.05, 3.63) is 70.0 Å². The maximum Gasteiger partial charge on any atom is 0.340 e. The van der Waals surface area contributed by atoms with Crippen LogP contribution in [0.15, 0.2) is 36.4 Å². The van der Waals surface area contributed by atoms with Crippen molar-refractivity contribution in [2.75, 3.05) is 0 Å². The summed E-state index contributed by atoms with van der Waals surface area (Å²) in [6, 6.07) is 9.35. The minimum atomic E-state index is -2.17. The average Bonchev–Trinajstić information content (AvgIpc) is 2.86. The monoisotopic (exact) mass is 452 g/mol. The Morgan fingerprint density at radius 1 is 0.967 bits per heavy atom. The predicted molar refractivity (Wildman–Crippen MR) is 114 cm³/mol. The van der Waals surface area contributed by atoms with Crippen LogP contribution in [0.4, 0.5) is 4.39 Å². The Kier molecular flexibility index (Phi) is 6.37. The summed E-state index contributed by atoms with van der Waals surface area (Å²) in [4.78, 5) is 12.7. The number of benzene rings is 2. The van der Waals surface area contributed by atoms with Crippen molar-refractivity contribution in [1.29, 1.82) is 0 Å². The standard InChI is InChI=1S/C21H21FO6S2/c1-12-8-13(4-6-15(12)10-29(24)25)18-19(21(2,3)28-20(18)23)14-5-7-16(11-30(26)27)17(22)9-14/h4-9H,10-11H2,1-3H3,(H,24,25)(H,26,27). The molecule has 3 rings (SSSR count). The molecule has 0 saturated heterocycles. The zero-order chi connectivity index (χ0) is 22.2. The van der Waals surface area contributed by atoms with E-state index >= 15 is 0 Å². The molecule has 0 aliphatic carbocycles. The van der Waals surface area contributed by atoms with Crippen molar-refractivity contribution < 1.29 is 31.4 Å². The van der Waals surface area contributed by atoms with Crippen LogP contribution in [0.1, 0.15) is 41.7 Å². The van der Waals surface area contributed by atoms with Gasteiger partial charge in [0, 0.05) is 11.1 Å². The Morgan fingerprint density at radius 3 is 2.10 bits per heavy atom. The van der Waals surface area contributed by atoms with E-state index < -0.39 is 39.5 Å². The molecule has 0 aromatic heterocycles. The second-order valence-corrected chi connectivity index (χ2v) is 9.39. The van der Waals surface area contributed by atoms with Crippen molar-refractivity contribution in [2.45, 2.75) is 37.9 Å². The molecule has 2 aromatic carbocycles. The summed E-state index contributed by atoms with van der Waals surface area (Å²) in [6.07, 6.45) is 0. The molecule has 0 radical (unpaired) electrons. The molecule has 30 heavy (non-hydrogen) atoms. The van der Waals surface area contributed by atoms with Crippen LogP contribution >= 0.6 is 0 Å². The van der Waals surface area contributed by atoms with Gasteiger partial charge in [0.1, 0.15) is 11.4 Å². The molecule has 1 heterocycles. The van der Waals surface area contributed by atoms with Gasteiger partial charge in [-0.1, -0.05) is 30.3 Å². The molecule has 6 nitrogen and oxygen atoms in total. The summed E-state index contributed by atoms with van der Waals surface area (Å²) in [6.45, 7) is 5.19. The number of carbonyl (C=O) groups excluding carboxylic acids is 1. The highest BCUT2D eigenvalue weighted by Gasteiger charge is 2.41. The first-order chi connectivity index (χ1) is 14.0. The Balaban J connectivity index is 2.15. The zero-order valence-electron chi connectivity index (χ0n) is 16.6. The first kappa shape index (κ1) is 22.5. The van der Waals surface area contributed by atoms with Gasteiger partial charge in [-0.15, -0.1) is 0 Å².